The molecule has 0 spiro atoms. The molecule has 0 aliphatic carbocycles. The summed E-state index contributed by atoms with van der Waals surface area (Å²) in [4.78, 5) is -3.52. The predicted octanol–water partition coefficient (Wildman–Crippen LogP) is 2.72. The van der Waals surface area contributed by atoms with E-state index in [1.54, 1.807) is 0 Å². The number of hydrogen-bond donors (Lipinski definition) is 4. The highest BCUT2D eigenvalue weighted by molar-refractivity contribution is 7.87. The van der Waals surface area contributed by atoms with E-state index in [1.165, 1.54) is 18.2 Å². The van der Waals surface area contributed by atoms with E-state index >= 15 is 0 Å². The average molecular weight is 573 g/mol. The van der Waals surface area contributed by atoms with Crippen molar-refractivity contribution in [1.82, 2.24) is 0 Å². The van der Waals surface area contributed by atoms with E-state index in [2.05, 4.69) is 0 Å². The molecule has 0 bridgehead atoms. The van der Waals surface area contributed by atoms with Gasteiger partial charge in [-0.25, -0.2) is 0 Å². The molecular formula is C20H12O12S4. The molecular weight excluding hydrogens is 560 g/mol. The molecule has 0 aliphatic rings. The molecule has 0 amide bonds. The van der Waals surface area contributed by atoms with Crippen LogP contribution in [0.1, 0.15) is 0 Å². The van der Waals surface area contributed by atoms with E-state index in [-0.39, 0.29) is 32.3 Å². The SMILES string of the molecule is O=S(=O)(O)c1cc2cccc3c4c(S(=O)(=O)O)cc(S(=O)(=O)O)c5ccc(S(=O)(=O)O)c(c(c1)c23)c54. The normalized spacial score (nSPS) is 13.9. The van der Waals surface area contributed by atoms with Gasteiger partial charge in [0.2, 0.25) is 0 Å². The summed E-state index contributed by atoms with van der Waals surface area (Å²) < 4.78 is 137. The summed E-state index contributed by atoms with van der Waals surface area (Å²) in [5, 5.41) is -1.67. The number of rotatable bonds is 4. The van der Waals surface area contributed by atoms with E-state index in [9.17, 15) is 51.9 Å². The second-order valence-electron chi connectivity index (χ2n) is 7.88. The van der Waals surface area contributed by atoms with Crippen LogP contribution in [0.3, 0.4) is 0 Å². The molecule has 0 radical (unpaired) electrons. The van der Waals surface area contributed by atoms with Gasteiger partial charge >= 0.3 is 0 Å². The van der Waals surface area contributed by atoms with Crippen LogP contribution in [0.25, 0.3) is 43.1 Å². The summed E-state index contributed by atoms with van der Waals surface area (Å²) in [6.07, 6.45) is 0. The van der Waals surface area contributed by atoms with Gasteiger partial charge in [-0.3, -0.25) is 18.2 Å². The van der Waals surface area contributed by atoms with Crippen LogP contribution in [0.5, 0.6) is 0 Å². The summed E-state index contributed by atoms with van der Waals surface area (Å²) in [6, 6.07) is 8.24. The van der Waals surface area contributed by atoms with Gasteiger partial charge in [0.05, 0.1) is 4.90 Å². The number of fused-ring (bicyclic) bond motifs is 2. The zero-order valence-electron chi connectivity index (χ0n) is 17.3. The Morgan fingerprint density at radius 2 is 1.03 bits per heavy atom. The molecule has 0 atom stereocenters. The molecule has 5 aromatic carbocycles. The molecule has 0 aromatic heterocycles. The lowest BCUT2D eigenvalue weighted by Crippen LogP contribution is -2.08. The summed E-state index contributed by atoms with van der Waals surface area (Å²) in [5.74, 6) is 0. The Morgan fingerprint density at radius 1 is 0.444 bits per heavy atom. The van der Waals surface area contributed by atoms with Crippen molar-refractivity contribution in [1.29, 1.82) is 0 Å². The topological polar surface area (TPSA) is 217 Å². The fourth-order valence-electron chi connectivity index (χ4n) is 4.56. The molecule has 0 saturated carbocycles. The van der Waals surface area contributed by atoms with Gasteiger partial charge < -0.3 is 0 Å². The first-order valence-corrected chi connectivity index (χ1v) is 15.3. The van der Waals surface area contributed by atoms with Crippen molar-refractivity contribution in [3.63, 3.8) is 0 Å². The van der Waals surface area contributed by atoms with Crippen LogP contribution in [-0.4, -0.2) is 51.9 Å². The Labute approximate surface area is 203 Å². The lowest BCUT2D eigenvalue weighted by Gasteiger charge is -2.19. The molecule has 36 heavy (non-hydrogen) atoms. The molecule has 0 unspecified atom stereocenters. The van der Waals surface area contributed by atoms with E-state index in [4.69, 9.17) is 0 Å². The number of benzene rings is 5. The van der Waals surface area contributed by atoms with Crippen molar-refractivity contribution >= 4 is 83.6 Å². The standard InChI is InChI=1S/C20H12O12S4/c21-33(22,23)10-6-9-2-1-3-12-17(9)13(7-10)19-14(34(24,25)26)5-4-11-15(35(27,28)29)8-16(36(30,31)32)18(12)20(11)19/h1-8H,(H,21,22,23)(H,24,25,26)(H,27,28,29)(H,30,31,32). The Kier molecular flexibility index (Phi) is 5.01. The monoisotopic (exact) mass is 572 g/mol. The summed E-state index contributed by atoms with van der Waals surface area (Å²) in [5.41, 5.74) is 0. The van der Waals surface area contributed by atoms with Crippen molar-refractivity contribution in [2.45, 2.75) is 19.6 Å². The van der Waals surface area contributed by atoms with Gasteiger partial charge in [-0.1, -0.05) is 24.3 Å². The van der Waals surface area contributed by atoms with Crippen molar-refractivity contribution in [3.8, 4) is 0 Å². The Bertz CT molecular complexity index is 2230. The maximum Gasteiger partial charge on any atom is 0.295 e. The Morgan fingerprint density at radius 3 is 1.58 bits per heavy atom. The van der Waals surface area contributed by atoms with Gasteiger partial charge in [-0.15, -0.1) is 0 Å². The first kappa shape index (κ1) is 24.7. The summed E-state index contributed by atoms with van der Waals surface area (Å²) in [7, 11) is -20.3. The van der Waals surface area contributed by atoms with Gasteiger partial charge in [0.25, 0.3) is 40.5 Å². The Hall–Kier alpha value is -2.96. The molecule has 0 aliphatic heterocycles. The smallest absolute Gasteiger partial charge is 0.282 e. The van der Waals surface area contributed by atoms with Crippen molar-refractivity contribution in [3.05, 3.63) is 48.5 Å². The molecule has 5 aromatic rings. The lowest BCUT2D eigenvalue weighted by molar-refractivity contribution is 0.479. The minimum Gasteiger partial charge on any atom is -0.282 e. The minimum absolute atomic E-state index is 0.0314. The zero-order chi connectivity index (χ0) is 26.6. The second kappa shape index (κ2) is 7.30. The predicted molar refractivity (Wildman–Crippen MR) is 127 cm³/mol. The molecule has 12 nitrogen and oxygen atoms in total. The van der Waals surface area contributed by atoms with Crippen LogP contribution in [0, 0.1) is 0 Å². The van der Waals surface area contributed by atoms with Gasteiger partial charge in [0, 0.05) is 21.5 Å². The lowest BCUT2D eigenvalue weighted by atomic mass is 9.89. The first-order chi connectivity index (χ1) is 16.4. The van der Waals surface area contributed by atoms with E-state index < -0.39 is 70.8 Å². The number of hydrogen-bond acceptors (Lipinski definition) is 8. The van der Waals surface area contributed by atoms with Crippen molar-refractivity contribution in [2.75, 3.05) is 0 Å². The molecule has 5 rings (SSSR count). The Balaban J connectivity index is 2.35. The summed E-state index contributed by atoms with van der Waals surface area (Å²) >= 11 is 0. The quantitative estimate of drug-likeness (QED) is 0.139. The molecule has 4 N–H and O–H groups in total. The molecule has 16 heteroatoms. The molecule has 0 fully saturated rings. The fourth-order valence-corrected chi connectivity index (χ4v) is 7.34. The molecule has 0 saturated heterocycles. The zero-order valence-corrected chi connectivity index (χ0v) is 20.6. The van der Waals surface area contributed by atoms with E-state index in [1.807, 2.05) is 0 Å². The van der Waals surface area contributed by atoms with E-state index in [0.29, 0.717) is 6.07 Å². The van der Waals surface area contributed by atoms with Crippen LogP contribution in [0.4, 0.5) is 0 Å². The fraction of sp³-hybridized carbons (Fsp3) is 0. The third-order valence-electron chi connectivity index (χ3n) is 5.81. The van der Waals surface area contributed by atoms with E-state index in [0.717, 1.165) is 24.3 Å². The average Bonchev–Trinajstić information content (AvgIpc) is 2.73. The highest BCUT2D eigenvalue weighted by atomic mass is 32.2. The van der Waals surface area contributed by atoms with Crippen LogP contribution in [0.15, 0.2) is 68.1 Å². The van der Waals surface area contributed by atoms with Crippen LogP contribution < -0.4 is 0 Å². The summed E-state index contributed by atoms with van der Waals surface area (Å²) in [6.45, 7) is 0. The highest BCUT2D eigenvalue weighted by Gasteiger charge is 2.30. The third kappa shape index (κ3) is 3.61. The maximum absolute atomic E-state index is 12.4. The molecule has 0 heterocycles. The van der Waals surface area contributed by atoms with Crippen LogP contribution in [0.2, 0.25) is 0 Å². The van der Waals surface area contributed by atoms with Gasteiger partial charge in [0.15, 0.2) is 0 Å². The van der Waals surface area contributed by atoms with Crippen LogP contribution >= 0.6 is 0 Å². The van der Waals surface area contributed by atoms with Gasteiger partial charge in [-0.2, -0.15) is 33.7 Å². The van der Waals surface area contributed by atoms with Crippen molar-refractivity contribution in [2.24, 2.45) is 0 Å². The minimum atomic E-state index is -5.21. The van der Waals surface area contributed by atoms with Gasteiger partial charge in [-0.05, 0) is 45.8 Å². The van der Waals surface area contributed by atoms with Crippen LogP contribution in [-0.2, 0) is 40.5 Å². The largest absolute Gasteiger partial charge is 0.295 e. The molecule has 188 valence electrons. The first-order valence-electron chi connectivity index (χ1n) is 9.52. The maximum atomic E-state index is 12.4. The van der Waals surface area contributed by atoms with Gasteiger partial charge in [0.1, 0.15) is 14.7 Å². The highest BCUT2D eigenvalue weighted by Crippen LogP contribution is 2.47. The second-order valence-corrected chi connectivity index (χ2v) is 13.5. The third-order valence-corrected chi connectivity index (χ3v) is 9.31. The van der Waals surface area contributed by atoms with Crippen molar-refractivity contribution < 1.29 is 51.9 Å².